The molecule has 3 aromatic carbocycles. The summed E-state index contributed by atoms with van der Waals surface area (Å²) in [7, 11) is -3.26. The number of sulfone groups is 1. The molecule has 0 spiro atoms. The van der Waals surface area contributed by atoms with Crippen molar-refractivity contribution in [3.63, 3.8) is 0 Å². The zero-order valence-corrected chi connectivity index (χ0v) is 18.4. The van der Waals surface area contributed by atoms with Crippen LogP contribution in [0.4, 0.5) is 0 Å². The molecule has 1 aromatic heterocycles. The molecule has 1 heterocycles. The molecule has 0 aliphatic rings. The van der Waals surface area contributed by atoms with Crippen molar-refractivity contribution < 1.29 is 8.42 Å². The quantitative estimate of drug-likeness (QED) is 0.335. The molecule has 0 unspecified atom stereocenters. The minimum atomic E-state index is -3.26. The summed E-state index contributed by atoms with van der Waals surface area (Å²) in [6.07, 6.45) is 1.20. The highest BCUT2D eigenvalue weighted by Gasteiger charge is 2.18. The van der Waals surface area contributed by atoms with Crippen LogP contribution in [-0.4, -0.2) is 19.7 Å². The maximum atomic E-state index is 11.8. The fourth-order valence-electron chi connectivity index (χ4n) is 2.92. The Morgan fingerprint density at radius 2 is 1.45 bits per heavy atom. The van der Waals surface area contributed by atoms with E-state index in [1.54, 1.807) is 24.3 Å². The van der Waals surface area contributed by atoms with E-state index < -0.39 is 9.84 Å². The minimum Gasteiger partial charge on any atom is -0.235 e. The van der Waals surface area contributed by atoms with Crippen LogP contribution in [0.15, 0.2) is 77.7 Å². The fourth-order valence-corrected chi connectivity index (χ4v) is 5.09. The molecule has 0 aliphatic carbocycles. The van der Waals surface area contributed by atoms with Crippen LogP contribution in [0.1, 0.15) is 0 Å². The molecule has 146 valence electrons. The van der Waals surface area contributed by atoms with Gasteiger partial charge in [-0.1, -0.05) is 65.7 Å². The van der Waals surface area contributed by atoms with E-state index in [0.29, 0.717) is 10.0 Å². The fraction of sp³-hybridized carbons (Fsp3) is 0.0455. The summed E-state index contributed by atoms with van der Waals surface area (Å²) in [5.41, 5.74) is 3.46. The highest BCUT2D eigenvalue weighted by molar-refractivity contribution is 7.90. The maximum absolute atomic E-state index is 11.8. The summed E-state index contributed by atoms with van der Waals surface area (Å²) in [6.45, 7) is 0. The molecule has 29 heavy (non-hydrogen) atoms. The van der Waals surface area contributed by atoms with Crippen molar-refractivity contribution in [2.45, 2.75) is 4.90 Å². The Hall–Kier alpha value is -2.18. The number of hydrogen-bond donors (Lipinski definition) is 0. The number of benzene rings is 3. The Morgan fingerprint density at radius 3 is 2.07 bits per heavy atom. The van der Waals surface area contributed by atoms with Crippen LogP contribution >= 0.6 is 34.5 Å². The van der Waals surface area contributed by atoms with Crippen LogP contribution in [0.2, 0.25) is 10.0 Å². The van der Waals surface area contributed by atoms with E-state index in [1.165, 1.54) is 17.6 Å². The molecule has 0 amide bonds. The number of thiazole rings is 1. The minimum absolute atomic E-state index is 0.283. The van der Waals surface area contributed by atoms with Crippen LogP contribution in [0, 0.1) is 0 Å². The Kier molecular flexibility index (Phi) is 5.49. The van der Waals surface area contributed by atoms with Gasteiger partial charge in [0, 0.05) is 22.4 Å². The van der Waals surface area contributed by atoms with Crippen LogP contribution in [0.25, 0.3) is 32.3 Å². The second kappa shape index (κ2) is 7.92. The monoisotopic (exact) mass is 459 g/mol. The maximum Gasteiger partial charge on any atom is 0.175 e. The lowest BCUT2D eigenvalue weighted by molar-refractivity contribution is 0.602. The zero-order chi connectivity index (χ0) is 20.6. The average molecular weight is 460 g/mol. The SMILES string of the molecule is CS(=O)(=O)c1ccc(-c2sc(-c3ccccc3Cl)nc2-c2ccc(Cl)cc2)cc1. The summed E-state index contributed by atoms with van der Waals surface area (Å²) in [6, 6.07) is 21.9. The van der Waals surface area contributed by atoms with Crippen molar-refractivity contribution >= 4 is 44.4 Å². The third kappa shape index (κ3) is 4.23. The van der Waals surface area contributed by atoms with Gasteiger partial charge in [-0.25, -0.2) is 13.4 Å². The lowest BCUT2D eigenvalue weighted by atomic mass is 10.1. The lowest BCUT2D eigenvalue weighted by Crippen LogP contribution is -1.96. The van der Waals surface area contributed by atoms with E-state index in [0.717, 1.165) is 32.3 Å². The predicted molar refractivity (Wildman–Crippen MR) is 122 cm³/mol. The Balaban J connectivity index is 1.89. The predicted octanol–water partition coefficient (Wildman–Crippen LogP) is 6.85. The van der Waals surface area contributed by atoms with Gasteiger partial charge in [0.2, 0.25) is 0 Å². The molecule has 7 heteroatoms. The van der Waals surface area contributed by atoms with Gasteiger partial charge in [0.05, 0.1) is 20.5 Å². The van der Waals surface area contributed by atoms with Crippen LogP contribution in [0.5, 0.6) is 0 Å². The van der Waals surface area contributed by atoms with Crippen molar-refractivity contribution in [3.8, 4) is 32.3 Å². The number of aromatic nitrogens is 1. The van der Waals surface area contributed by atoms with Crippen molar-refractivity contribution in [2.75, 3.05) is 6.26 Å². The van der Waals surface area contributed by atoms with Crippen molar-refractivity contribution in [1.29, 1.82) is 0 Å². The molecule has 0 radical (unpaired) electrons. The smallest absolute Gasteiger partial charge is 0.175 e. The van der Waals surface area contributed by atoms with Crippen molar-refractivity contribution in [3.05, 3.63) is 82.8 Å². The molecule has 0 atom stereocenters. The lowest BCUT2D eigenvalue weighted by Gasteiger charge is -2.04. The summed E-state index contributed by atoms with van der Waals surface area (Å²) in [5.74, 6) is 0. The Bertz CT molecular complexity index is 1280. The molecule has 0 bridgehead atoms. The van der Waals surface area contributed by atoms with Gasteiger partial charge in [-0.15, -0.1) is 11.3 Å². The number of hydrogen-bond acceptors (Lipinski definition) is 4. The molecule has 0 saturated heterocycles. The molecule has 4 aromatic rings. The number of rotatable bonds is 4. The largest absolute Gasteiger partial charge is 0.235 e. The standard InChI is InChI=1S/C22H15Cl2NO2S2/c1-29(26,27)17-12-8-15(9-13-17)21-20(14-6-10-16(23)11-7-14)25-22(28-21)18-4-2-3-5-19(18)24/h2-13H,1H3. The van der Waals surface area contributed by atoms with Gasteiger partial charge in [0.25, 0.3) is 0 Å². The van der Waals surface area contributed by atoms with E-state index in [2.05, 4.69) is 0 Å². The molecule has 0 fully saturated rings. The number of halogens is 2. The molecular formula is C22H15Cl2NO2S2. The van der Waals surface area contributed by atoms with Gasteiger partial charge in [-0.05, 0) is 35.9 Å². The molecular weight excluding hydrogens is 445 g/mol. The highest BCUT2D eigenvalue weighted by atomic mass is 35.5. The third-order valence-corrected chi connectivity index (χ3v) is 7.24. The van der Waals surface area contributed by atoms with Crippen LogP contribution in [-0.2, 0) is 9.84 Å². The topological polar surface area (TPSA) is 47.0 Å². The molecule has 0 N–H and O–H groups in total. The summed E-state index contributed by atoms with van der Waals surface area (Å²) in [5, 5.41) is 2.07. The normalized spacial score (nSPS) is 11.6. The van der Waals surface area contributed by atoms with Gasteiger partial charge in [-0.3, -0.25) is 0 Å². The van der Waals surface area contributed by atoms with Crippen LogP contribution < -0.4 is 0 Å². The highest BCUT2D eigenvalue weighted by Crippen LogP contribution is 2.42. The second-order valence-electron chi connectivity index (χ2n) is 6.48. The molecule has 0 saturated carbocycles. The van der Waals surface area contributed by atoms with E-state index >= 15 is 0 Å². The first kappa shape index (κ1) is 20.1. The zero-order valence-electron chi connectivity index (χ0n) is 15.3. The summed E-state index contributed by atoms with van der Waals surface area (Å²) < 4.78 is 23.6. The van der Waals surface area contributed by atoms with E-state index in [9.17, 15) is 8.42 Å². The van der Waals surface area contributed by atoms with Gasteiger partial charge in [0.15, 0.2) is 9.84 Å². The van der Waals surface area contributed by atoms with E-state index in [1.807, 2.05) is 48.5 Å². The first-order valence-electron chi connectivity index (χ1n) is 8.65. The Labute approximate surface area is 183 Å². The molecule has 0 aliphatic heterocycles. The first-order chi connectivity index (χ1) is 13.8. The van der Waals surface area contributed by atoms with Gasteiger partial charge in [-0.2, -0.15) is 0 Å². The molecule has 4 rings (SSSR count). The van der Waals surface area contributed by atoms with Gasteiger partial charge in [0.1, 0.15) is 5.01 Å². The summed E-state index contributed by atoms with van der Waals surface area (Å²) in [4.78, 5) is 6.08. The Morgan fingerprint density at radius 1 is 0.828 bits per heavy atom. The first-order valence-corrected chi connectivity index (χ1v) is 12.1. The van der Waals surface area contributed by atoms with Gasteiger partial charge >= 0.3 is 0 Å². The second-order valence-corrected chi connectivity index (χ2v) is 10.3. The molecule has 3 nitrogen and oxygen atoms in total. The third-order valence-electron chi connectivity index (χ3n) is 4.39. The van der Waals surface area contributed by atoms with Crippen molar-refractivity contribution in [2.24, 2.45) is 0 Å². The van der Waals surface area contributed by atoms with Gasteiger partial charge < -0.3 is 0 Å². The van der Waals surface area contributed by atoms with Crippen LogP contribution in [0.3, 0.4) is 0 Å². The average Bonchev–Trinajstić information content (AvgIpc) is 3.13. The van der Waals surface area contributed by atoms with E-state index in [4.69, 9.17) is 28.2 Å². The summed E-state index contributed by atoms with van der Waals surface area (Å²) >= 11 is 13.9. The van der Waals surface area contributed by atoms with Crippen molar-refractivity contribution in [1.82, 2.24) is 4.98 Å². The van der Waals surface area contributed by atoms with E-state index in [-0.39, 0.29) is 4.90 Å². The number of nitrogens with zero attached hydrogens (tertiary/aromatic N) is 1.